The molecular formula is C19H24N4O2. The molecule has 1 saturated heterocycles. The Balaban J connectivity index is 1.53. The Morgan fingerprint density at radius 1 is 1.32 bits per heavy atom. The zero-order chi connectivity index (χ0) is 17.6. The summed E-state index contributed by atoms with van der Waals surface area (Å²) < 4.78 is 1.62. The zero-order valence-corrected chi connectivity index (χ0v) is 14.5. The van der Waals surface area contributed by atoms with Gasteiger partial charge >= 0.3 is 0 Å². The van der Waals surface area contributed by atoms with E-state index in [1.54, 1.807) is 17.0 Å². The summed E-state index contributed by atoms with van der Waals surface area (Å²) in [5.74, 6) is 0.535. The summed E-state index contributed by atoms with van der Waals surface area (Å²) in [5, 5.41) is 3.20. The predicted octanol–water partition coefficient (Wildman–Crippen LogP) is 1.91. The van der Waals surface area contributed by atoms with Crippen LogP contribution < -0.4 is 10.9 Å². The molecule has 0 spiro atoms. The minimum absolute atomic E-state index is 0.0774. The fraction of sp³-hybridized carbons (Fsp3) is 0.421. The number of nitrogens with zero attached hydrogens (tertiary/aromatic N) is 3. The van der Waals surface area contributed by atoms with Gasteiger partial charge in [-0.05, 0) is 25.3 Å². The van der Waals surface area contributed by atoms with Crippen LogP contribution in [-0.4, -0.2) is 39.5 Å². The van der Waals surface area contributed by atoms with E-state index in [-0.39, 0.29) is 17.5 Å². The topological polar surface area (TPSA) is 67.2 Å². The van der Waals surface area contributed by atoms with Crippen LogP contribution >= 0.6 is 0 Å². The molecule has 0 bridgehead atoms. The molecule has 0 unspecified atom stereocenters. The van der Waals surface area contributed by atoms with E-state index in [0.29, 0.717) is 25.3 Å². The second kappa shape index (κ2) is 7.96. The number of carbonyl (C=O) groups is 1. The highest BCUT2D eigenvalue weighted by atomic mass is 16.2. The maximum Gasteiger partial charge on any atom is 0.293 e. The van der Waals surface area contributed by atoms with E-state index in [0.717, 1.165) is 19.4 Å². The number of hydrogen-bond donors (Lipinski definition) is 1. The normalized spacial score (nSPS) is 16.8. The lowest BCUT2D eigenvalue weighted by Gasteiger charge is -2.17. The molecule has 0 aliphatic carbocycles. The lowest BCUT2D eigenvalue weighted by molar-refractivity contribution is -0.130. The number of hydrogen-bond acceptors (Lipinski definition) is 4. The first-order chi connectivity index (χ1) is 12.2. The van der Waals surface area contributed by atoms with Gasteiger partial charge in [0.05, 0.1) is 0 Å². The Morgan fingerprint density at radius 3 is 2.88 bits per heavy atom. The number of aryl methyl sites for hydroxylation is 2. The first kappa shape index (κ1) is 17.2. The van der Waals surface area contributed by atoms with Crippen LogP contribution in [0, 0.1) is 0 Å². The summed E-state index contributed by atoms with van der Waals surface area (Å²) >= 11 is 0. The molecule has 0 saturated carbocycles. The van der Waals surface area contributed by atoms with Gasteiger partial charge in [-0.15, -0.1) is 0 Å². The summed E-state index contributed by atoms with van der Waals surface area (Å²) in [7, 11) is 0. The molecule has 25 heavy (non-hydrogen) atoms. The average Bonchev–Trinajstić information content (AvgIpc) is 3.11. The largest absolute Gasteiger partial charge is 0.361 e. The zero-order valence-electron chi connectivity index (χ0n) is 14.5. The number of carbonyl (C=O) groups excluding carboxylic acids is 1. The van der Waals surface area contributed by atoms with Crippen LogP contribution in [0.25, 0.3) is 0 Å². The molecule has 1 aromatic carbocycles. The molecule has 2 heterocycles. The van der Waals surface area contributed by atoms with Crippen molar-refractivity contribution in [3.8, 4) is 0 Å². The monoisotopic (exact) mass is 340 g/mol. The van der Waals surface area contributed by atoms with Gasteiger partial charge in [0, 0.05) is 44.5 Å². The highest BCUT2D eigenvalue weighted by Gasteiger charge is 2.26. The summed E-state index contributed by atoms with van der Waals surface area (Å²) in [6.45, 7) is 3.88. The summed E-state index contributed by atoms with van der Waals surface area (Å²) in [6.07, 6.45) is 5.42. The van der Waals surface area contributed by atoms with Gasteiger partial charge in [0.1, 0.15) is 0 Å². The van der Waals surface area contributed by atoms with E-state index in [2.05, 4.69) is 10.3 Å². The fourth-order valence-corrected chi connectivity index (χ4v) is 3.15. The van der Waals surface area contributed by atoms with Crippen LogP contribution in [0.4, 0.5) is 5.82 Å². The van der Waals surface area contributed by atoms with Crippen molar-refractivity contribution in [3.05, 3.63) is 58.6 Å². The molecule has 1 aliphatic heterocycles. The van der Waals surface area contributed by atoms with Gasteiger partial charge < -0.3 is 14.8 Å². The quantitative estimate of drug-likeness (QED) is 0.872. The summed E-state index contributed by atoms with van der Waals surface area (Å²) in [5.41, 5.74) is 1.07. The molecule has 132 valence electrons. The molecule has 2 aromatic rings. The van der Waals surface area contributed by atoms with Crippen molar-refractivity contribution < 1.29 is 4.79 Å². The van der Waals surface area contributed by atoms with E-state index >= 15 is 0 Å². The Hall–Kier alpha value is -2.63. The molecule has 0 radical (unpaired) electrons. The van der Waals surface area contributed by atoms with Gasteiger partial charge in [-0.1, -0.05) is 30.3 Å². The van der Waals surface area contributed by atoms with E-state index in [1.165, 1.54) is 5.56 Å². The van der Waals surface area contributed by atoms with Gasteiger partial charge in [-0.25, -0.2) is 4.98 Å². The number of aromatic nitrogens is 2. The first-order valence-electron chi connectivity index (χ1n) is 8.81. The Morgan fingerprint density at radius 2 is 2.12 bits per heavy atom. The Labute approximate surface area is 147 Å². The third kappa shape index (κ3) is 4.26. The molecular weight excluding hydrogens is 316 g/mol. The van der Waals surface area contributed by atoms with Crippen molar-refractivity contribution in [2.45, 2.75) is 38.8 Å². The van der Waals surface area contributed by atoms with Crippen molar-refractivity contribution >= 4 is 11.7 Å². The molecule has 1 N–H and O–H groups in total. The molecule has 1 amide bonds. The summed E-state index contributed by atoms with van der Waals surface area (Å²) in [4.78, 5) is 30.6. The molecule has 6 nitrogen and oxygen atoms in total. The average molecular weight is 340 g/mol. The second-order valence-electron chi connectivity index (χ2n) is 6.32. The predicted molar refractivity (Wildman–Crippen MR) is 97.5 cm³/mol. The SMILES string of the molecule is CCn1ccnc(N[C@@H]2CCN(C(=O)CCc3ccccc3)C2)c1=O. The molecule has 1 fully saturated rings. The highest BCUT2D eigenvalue weighted by molar-refractivity contribution is 5.76. The number of anilines is 1. The molecule has 1 aromatic heterocycles. The minimum Gasteiger partial charge on any atom is -0.361 e. The fourth-order valence-electron chi connectivity index (χ4n) is 3.15. The number of likely N-dealkylation sites (tertiary alicyclic amines) is 1. The number of nitrogens with one attached hydrogen (secondary N) is 1. The van der Waals surface area contributed by atoms with E-state index in [1.807, 2.05) is 42.2 Å². The Bertz CT molecular complexity index is 772. The van der Waals surface area contributed by atoms with Crippen molar-refractivity contribution in [2.24, 2.45) is 0 Å². The van der Waals surface area contributed by atoms with Gasteiger partial charge in [-0.2, -0.15) is 0 Å². The standard InChI is InChI=1S/C19H24N4O2/c1-2-22-13-11-20-18(19(22)25)21-16-10-12-23(14-16)17(24)9-8-15-6-4-3-5-7-15/h3-7,11,13,16H,2,8-10,12,14H2,1H3,(H,20,21)/t16-/m1/s1. The van der Waals surface area contributed by atoms with Crippen LogP contribution in [0.3, 0.4) is 0 Å². The van der Waals surface area contributed by atoms with E-state index in [9.17, 15) is 9.59 Å². The third-order valence-electron chi connectivity index (χ3n) is 4.61. The van der Waals surface area contributed by atoms with Crippen molar-refractivity contribution in [1.82, 2.24) is 14.5 Å². The van der Waals surface area contributed by atoms with E-state index < -0.39 is 0 Å². The first-order valence-corrected chi connectivity index (χ1v) is 8.81. The van der Waals surface area contributed by atoms with Crippen LogP contribution in [-0.2, 0) is 17.8 Å². The van der Waals surface area contributed by atoms with Crippen molar-refractivity contribution in [2.75, 3.05) is 18.4 Å². The van der Waals surface area contributed by atoms with Crippen LogP contribution in [0.5, 0.6) is 0 Å². The minimum atomic E-state index is -0.112. The van der Waals surface area contributed by atoms with Gasteiger partial charge in [-0.3, -0.25) is 9.59 Å². The number of amides is 1. The smallest absolute Gasteiger partial charge is 0.293 e. The summed E-state index contributed by atoms with van der Waals surface area (Å²) in [6, 6.07) is 10.1. The maximum atomic E-state index is 12.4. The van der Waals surface area contributed by atoms with Crippen molar-refractivity contribution in [1.29, 1.82) is 0 Å². The van der Waals surface area contributed by atoms with Crippen LogP contribution in [0.15, 0.2) is 47.5 Å². The van der Waals surface area contributed by atoms with Crippen molar-refractivity contribution in [3.63, 3.8) is 0 Å². The lowest BCUT2D eigenvalue weighted by atomic mass is 10.1. The van der Waals surface area contributed by atoms with Gasteiger partial charge in [0.15, 0.2) is 5.82 Å². The number of benzene rings is 1. The van der Waals surface area contributed by atoms with Gasteiger partial charge in [0.2, 0.25) is 5.91 Å². The third-order valence-corrected chi connectivity index (χ3v) is 4.61. The van der Waals surface area contributed by atoms with Crippen LogP contribution in [0.1, 0.15) is 25.3 Å². The maximum absolute atomic E-state index is 12.4. The highest BCUT2D eigenvalue weighted by Crippen LogP contribution is 2.15. The molecule has 3 rings (SSSR count). The Kier molecular flexibility index (Phi) is 5.48. The van der Waals surface area contributed by atoms with Gasteiger partial charge in [0.25, 0.3) is 5.56 Å². The lowest BCUT2D eigenvalue weighted by Crippen LogP contribution is -2.33. The molecule has 6 heteroatoms. The molecule has 1 aliphatic rings. The second-order valence-corrected chi connectivity index (χ2v) is 6.32. The van der Waals surface area contributed by atoms with Crippen LogP contribution in [0.2, 0.25) is 0 Å². The number of rotatable bonds is 6. The van der Waals surface area contributed by atoms with E-state index in [4.69, 9.17) is 0 Å². The molecule has 1 atom stereocenters.